The summed E-state index contributed by atoms with van der Waals surface area (Å²) in [6.45, 7) is 8.88. The van der Waals surface area contributed by atoms with Crippen molar-refractivity contribution in [2.24, 2.45) is 0 Å². The molecule has 2 rings (SSSR count). The van der Waals surface area contributed by atoms with E-state index in [-0.39, 0.29) is 0 Å². The fourth-order valence-electron chi connectivity index (χ4n) is 2.75. The number of hydrogen-bond donors (Lipinski definition) is 1. The summed E-state index contributed by atoms with van der Waals surface area (Å²) >= 11 is 1.88. The van der Waals surface area contributed by atoms with Crippen molar-refractivity contribution in [2.75, 3.05) is 5.32 Å². The molecular weight excluding hydrogens is 274 g/mol. The van der Waals surface area contributed by atoms with Crippen molar-refractivity contribution in [3.8, 4) is 0 Å². The Kier molecular flexibility index (Phi) is 5.86. The standard InChI is InChI=1S/C19H27NS/c1-5-6-7-8-17-9-11-18(12-10-17)20-15(3)19-13-14(2)21-16(19)4/h9-13,15,20H,5-8H2,1-4H3. The van der Waals surface area contributed by atoms with Gasteiger partial charge < -0.3 is 5.32 Å². The molecule has 1 unspecified atom stereocenters. The van der Waals surface area contributed by atoms with Crippen LogP contribution < -0.4 is 5.32 Å². The molecule has 2 aromatic rings. The SMILES string of the molecule is CCCCCc1ccc(NC(C)c2cc(C)sc2C)cc1. The van der Waals surface area contributed by atoms with E-state index in [0.29, 0.717) is 6.04 Å². The smallest absolute Gasteiger partial charge is 0.0496 e. The third-order valence-electron chi connectivity index (χ3n) is 3.95. The van der Waals surface area contributed by atoms with E-state index in [0.717, 1.165) is 0 Å². The first-order valence-electron chi connectivity index (χ1n) is 8.02. The maximum atomic E-state index is 3.61. The van der Waals surface area contributed by atoms with Crippen LogP contribution >= 0.6 is 11.3 Å². The lowest BCUT2D eigenvalue weighted by Gasteiger charge is -2.15. The number of anilines is 1. The van der Waals surface area contributed by atoms with Gasteiger partial charge in [-0.2, -0.15) is 0 Å². The molecule has 0 radical (unpaired) electrons. The summed E-state index contributed by atoms with van der Waals surface area (Å²) in [5, 5.41) is 3.61. The quantitative estimate of drug-likeness (QED) is 0.594. The van der Waals surface area contributed by atoms with Crippen LogP contribution in [-0.2, 0) is 6.42 Å². The van der Waals surface area contributed by atoms with E-state index in [1.807, 2.05) is 11.3 Å². The Balaban J connectivity index is 1.95. The second kappa shape index (κ2) is 7.65. The lowest BCUT2D eigenvalue weighted by molar-refractivity contribution is 0.717. The van der Waals surface area contributed by atoms with Crippen molar-refractivity contribution >= 4 is 17.0 Å². The van der Waals surface area contributed by atoms with Gasteiger partial charge in [-0.15, -0.1) is 11.3 Å². The summed E-state index contributed by atoms with van der Waals surface area (Å²) in [5.74, 6) is 0. The summed E-state index contributed by atoms with van der Waals surface area (Å²) in [6, 6.07) is 11.6. The van der Waals surface area contributed by atoms with Gasteiger partial charge in [0.15, 0.2) is 0 Å². The largest absolute Gasteiger partial charge is 0.378 e. The molecule has 114 valence electrons. The van der Waals surface area contributed by atoms with Crippen LogP contribution in [0.2, 0.25) is 0 Å². The molecule has 1 atom stereocenters. The molecular formula is C19H27NS. The number of nitrogens with one attached hydrogen (secondary N) is 1. The van der Waals surface area contributed by atoms with Gasteiger partial charge in [-0.25, -0.2) is 0 Å². The van der Waals surface area contributed by atoms with Crippen LogP contribution in [0.15, 0.2) is 30.3 Å². The monoisotopic (exact) mass is 301 g/mol. The highest BCUT2D eigenvalue weighted by Crippen LogP contribution is 2.28. The molecule has 21 heavy (non-hydrogen) atoms. The normalized spacial score (nSPS) is 12.4. The van der Waals surface area contributed by atoms with E-state index < -0.39 is 0 Å². The van der Waals surface area contributed by atoms with Gasteiger partial charge in [0, 0.05) is 21.5 Å². The van der Waals surface area contributed by atoms with Crippen molar-refractivity contribution in [1.29, 1.82) is 0 Å². The molecule has 0 aliphatic heterocycles. The number of thiophene rings is 1. The Hall–Kier alpha value is -1.28. The van der Waals surface area contributed by atoms with E-state index in [1.54, 1.807) is 0 Å². The molecule has 0 saturated carbocycles. The van der Waals surface area contributed by atoms with Crippen LogP contribution in [0.4, 0.5) is 5.69 Å². The maximum Gasteiger partial charge on any atom is 0.0496 e. The average molecular weight is 301 g/mol. The maximum absolute atomic E-state index is 3.61. The van der Waals surface area contributed by atoms with Crippen molar-refractivity contribution < 1.29 is 0 Å². The lowest BCUT2D eigenvalue weighted by Crippen LogP contribution is -2.06. The van der Waals surface area contributed by atoms with Crippen molar-refractivity contribution in [1.82, 2.24) is 0 Å². The number of rotatable bonds is 7. The highest BCUT2D eigenvalue weighted by Gasteiger charge is 2.10. The highest BCUT2D eigenvalue weighted by molar-refractivity contribution is 7.12. The zero-order valence-corrected chi connectivity index (χ0v) is 14.5. The van der Waals surface area contributed by atoms with Crippen LogP contribution in [0.25, 0.3) is 0 Å². The summed E-state index contributed by atoms with van der Waals surface area (Å²) in [5.41, 5.74) is 4.08. The highest BCUT2D eigenvalue weighted by atomic mass is 32.1. The predicted octanol–water partition coefficient (Wildman–Crippen LogP) is 6.27. The molecule has 0 aliphatic carbocycles. The summed E-state index contributed by atoms with van der Waals surface area (Å²) in [4.78, 5) is 2.81. The molecule has 0 amide bonds. The van der Waals surface area contributed by atoms with E-state index in [9.17, 15) is 0 Å². The molecule has 1 heterocycles. The second-order valence-electron chi connectivity index (χ2n) is 5.89. The topological polar surface area (TPSA) is 12.0 Å². The summed E-state index contributed by atoms with van der Waals surface area (Å²) in [7, 11) is 0. The fraction of sp³-hybridized carbons (Fsp3) is 0.474. The fourth-order valence-corrected chi connectivity index (χ4v) is 3.78. The number of unbranched alkanes of at least 4 members (excludes halogenated alkanes) is 2. The third kappa shape index (κ3) is 4.60. The van der Waals surface area contributed by atoms with Crippen LogP contribution in [-0.4, -0.2) is 0 Å². The second-order valence-corrected chi connectivity index (χ2v) is 7.35. The van der Waals surface area contributed by atoms with Gasteiger partial charge in [0.1, 0.15) is 0 Å². The third-order valence-corrected chi connectivity index (χ3v) is 4.93. The van der Waals surface area contributed by atoms with Gasteiger partial charge in [-0.05, 0) is 62.9 Å². The molecule has 1 aromatic carbocycles. The molecule has 0 spiro atoms. The van der Waals surface area contributed by atoms with Crippen LogP contribution in [0.3, 0.4) is 0 Å². The molecule has 0 aliphatic rings. The molecule has 1 N–H and O–H groups in total. The van der Waals surface area contributed by atoms with Gasteiger partial charge in [0.2, 0.25) is 0 Å². The zero-order valence-electron chi connectivity index (χ0n) is 13.7. The van der Waals surface area contributed by atoms with Gasteiger partial charge in [0.05, 0.1) is 0 Å². The Morgan fingerprint density at radius 2 is 1.81 bits per heavy atom. The number of benzene rings is 1. The van der Waals surface area contributed by atoms with Crippen molar-refractivity contribution in [3.05, 3.63) is 51.2 Å². The Morgan fingerprint density at radius 1 is 1.10 bits per heavy atom. The first-order valence-corrected chi connectivity index (χ1v) is 8.84. The van der Waals surface area contributed by atoms with Crippen LogP contribution in [0, 0.1) is 13.8 Å². The summed E-state index contributed by atoms with van der Waals surface area (Å²) < 4.78 is 0. The minimum Gasteiger partial charge on any atom is -0.378 e. The van der Waals surface area contributed by atoms with Crippen LogP contribution in [0.1, 0.15) is 60.0 Å². The Bertz CT molecular complexity index is 553. The molecule has 1 aromatic heterocycles. The first kappa shape index (κ1) is 16.1. The zero-order chi connectivity index (χ0) is 15.2. The van der Waals surface area contributed by atoms with Crippen LogP contribution in [0.5, 0.6) is 0 Å². The van der Waals surface area contributed by atoms with Gasteiger partial charge in [-0.3, -0.25) is 0 Å². The first-order chi connectivity index (χ1) is 10.1. The minimum atomic E-state index is 0.362. The van der Waals surface area contributed by atoms with Gasteiger partial charge >= 0.3 is 0 Å². The number of aryl methyl sites for hydroxylation is 3. The Morgan fingerprint density at radius 3 is 2.38 bits per heavy atom. The van der Waals surface area contributed by atoms with Crippen molar-refractivity contribution in [2.45, 2.75) is 59.4 Å². The van der Waals surface area contributed by atoms with E-state index in [4.69, 9.17) is 0 Å². The van der Waals surface area contributed by atoms with E-state index in [2.05, 4.69) is 63.3 Å². The summed E-state index contributed by atoms with van der Waals surface area (Å²) in [6.07, 6.45) is 5.12. The minimum absolute atomic E-state index is 0.362. The van der Waals surface area contributed by atoms with E-state index in [1.165, 1.54) is 52.3 Å². The lowest BCUT2D eigenvalue weighted by atomic mass is 10.1. The molecule has 1 nitrogen and oxygen atoms in total. The van der Waals surface area contributed by atoms with Gasteiger partial charge in [-0.1, -0.05) is 31.9 Å². The van der Waals surface area contributed by atoms with Crippen molar-refractivity contribution in [3.63, 3.8) is 0 Å². The average Bonchev–Trinajstić information content (AvgIpc) is 2.80. The van der Waals surface area contributed by atoms with Gasteiger partial charge in [0.25, 0.3) is 0 Å². The predicted molar refractivity (Wildman–Crippen MR) is 95.5 cm³/mol. The Labute approximate surface area is 133 Å². The number of hydrogen-bond acceptors (Lipinski definition) is 2. The van der Waals surface area contributed by atoms with E-state index >= 15 is 0 Å². The molecule has 0 fully saturated rings. The molecule has 0 saturated heterocycles. The molecule has 2 heteroatoms. The molecule has 0 bridgehead atoms.